The Kier molecular flexibility index (Phi) is 4.01. The van der Waals surface area contributed by atoms with Gasteiger partial charge in [-0.1, -0.05) is 0 Å². The van der Waals surface area contributed by atoms with Crippen molar-refractivity contribution in [3.05, 3.63) is 35.8 Å². The molecule has 7 heteroatoms. The highest BCUT2D eigenvalue weighted by Crippen LogP contribution is 2.20. The molecule has 0 bridgehead atoms. The van der Waals surface area contributed by atoms with Gasteiger partial charge in [-0.05, 0) is 19.1 Å². The van der Waals surface area contributed by atoms with Crippen molar-refractivity contribution in [3.8, 4) is 0 Å². The van der Waals surface area contributed by atoms with Crippen molar-refractivity contribution in [3.63, 3.8) is 0 Å². The molecule has 0 spiro atoms. The second kappa shape index (κ2) is 6.09. The summed E-state index contributed by atoms with van der Waals surface area (Å²) in [4.78, 5) is 18.3. The van der Waals surface area contributed by atoms with E-state index in [4.69, 9.17) is 9.15 Å². The number of furan rings is 1. The molecule has 0 aromatic carbocycles. The predicted molar refractivity (Wildman–Crippen MR) is 73.4 cm³/mol. The van der Waals surface area contributed by atoms with Gasteiger partial charge in [-0.15, -0.1) is 0 Å². The number of amides is 1. The average molecular weight is 290 g/mol. The van der Waals surface area contributed by atoms with Gasteiger partial charge >= 0.3 is 0 Å². The van der Waals surface area contributed by atoms with Gasteiger partial charge in [-0.2, -0.15) is 5.10 Å². The van der Waals surface area contributed by atoms with E-state index in [0.717, 1.165) is 11.6 Å². The molecule has 0 saturated carbocycles. The van der Waals surface area contributed by atoms with Crippen LogP contribution in [0.3, 0.4) is 0 Å². The van der Waals surface area contributed by atoms with Gasteiger partial charge in [0.25, 0.3) is 0 Å². The number of H-pyrrole nitrogens is 1. The van der Waals surface area contributed by atoms with Gasteiger partial charge in [0, 0.05) is 19.4 Å². The zero-order valence-corrected chi connectivity index (χ0v) is 11.9. The van der Waals surface area contributed by atoms with Crippen LogP contribution in [0.25, 0.3) is 0 Å². The lowest BCUT2D eigenvalue weighted by Gasteiger charge is -2.31. The van der Waals surface area contributed by atoms with Gasteiger partial charge in [0.15, 0.2) is 5.82 Å². The summed E-state index contributed by atoms with van der Waals surface area (Å²) < 4.78 is 10.9. The molecule has 1 unspecified atom stereocenters. The van der Waals surface area contributed by atoms with Gasteiger partial charge in [0.1, 0.15) is 17.7 Å². The number of hydrogen-bond donors (Lipinski definition) is 1. The number of aryl methyl sites for hydroxylation is 2. The quantitative estimate of drug-likeness (QED) is 0.915. The molecular formula is C14H18N4O3. The van der Waals surface area contributed by atoms with Crippen LogP contribution >= 0.6 is 0 Å². The number of nitrogens with zero attached hydrogens (tertiary/aromatic N) is 3. The third-order valence-electron chi connectivity index (χ3n) is 3.49. The van der Waals surface area contributed by atoms with Crippen molar-refractivity contribution >= 4 is 5.91 Å². The van der Waals surface area contributed by atoms with Gasteiger partial charge in [0.05, 0.1) is 19.4 Å². The lowest BCUT2D eigenvalue weighted by molar-refractivity contribution is -0.139. The van der Waals surface area contributed by atoms with Crippen molar-refractivity contribution in [1.82, 2.24) is 20.1 Å². The van der Waals surface area contributed by atoms with Crippen LogP contribution in [0.2, 0.25) is 0 Å². The Bertz CT molecular complexity index is 593. The number of nitrogens with one attached hydrogen (secondary N) is 1. The minimum atomic E-state index is -0.253. The van der Waals surface area contributed by atoms with E-state index in [1.807, 2.05) is 24.0 Å². The summed E-state index contributed by atoms with van der Waals surface area (Å²) >= 11 is 0. The first-order valence-electron chi connectivity index (χ1n) is 7.03. The highest BCUT2D eigenvalue weighted by molar-refractivity contribution is 5.76. The van der Waals surface area contributed by atoms with E-state index in [0.29, 0.717) is 38.4 Å². The van der Waals surface area contributed by atoms with Crippen LogP contribution in [-0.4, -0.2) is 45.7 Å². The normalized spacial score (nSPS) is 18.9. The van der Waals surface area contributed by atoms with Crippen molar-refractivity contribution in [2.45, 2.75) is 25.9 Å². The fraction of sp³-hybridized carbons (Fsp3) is 0.500. The molecule has 1 N–H and O–H groups in total. The zero-order chi connectivity index (χ0) is 14.7. The number of aromatic amines is 1. The van der Waals surface area contributed by atoms with Gasteiger partial charge in [-0.3, -0.25) is 9.89 Å². The first-order chi connectivity index (χ1) is 10.2. The van der Waals surface area contributed by atoms with Crippen molar-refractivity contribution in [1.29, 1.82) is 0 Å². The minimum absolute atomic E-state index is 0.104. The molecule has 2 aromatic rings. The Hall–Kier alpha value is -2.15. The Morgan fingerprint density at radius 3 is 3.19 bits per heavy atom. The van der Waals surface area contributed by atoms with Crippen molar-refractivity contribution < 1.29 is 13.9 Å². The monoisotopic (exact) mass is 290 g/mol. The smallest absolute Gasteiger partial charge is 0.223 e. The van der Waals surface area contributed by atoms with E-state index in [2.05, 4.69) is 15.2 Å². The Morgan fingerprint density at radius 2 is 2.48 bits per heavy atom. The number of carbonyl (C=O) groups is 1. The Balaban J connectivity index is 1.56. The summed E-state index contributed by atoms with van der Waals surface area (Å²) in [6.45, 7) is 3.45. The maximum atomic E-state index is 12.3. The Morgan fingerprint density at radius 1 is 1.57 bits per heavy atom. The molecule has 1 aliphatic heterocycles. The third-order valence-corrected chi connectivity index (χ3v) is 3.49. The molecule has 3 rings (SSSR count). The third kappa shape index (κ3) is 3.30. The second-order valence-electron chi connectivity index (χ2n) is 5.06. The fourth-order valence-electron chi connectivity index (χ4n) is 2.38. The summed E-state index contributed by atoms with van der Waals surface area (Å²) in [6.07, 6.45) is 2.42. The van der Waals surface area contributed by atoms with Gasteiger partial charge < -0.3 is 14.1 Å². The maximum Gasteiger partial charge on any atom is 0.223 e. The molecule has 1 saturated heterocycles. The standard InChI is InChI=1S/C14H18N4O3/c1-10-15-14(17-16-10)12-9-18(6-8-21-12)13(19)5-4-11-3-2-7-20-11/h2-3,7,12H,4-6,8-9H2,1H3,(H,15,16,17). The maximum absolute atomic E-state index is 12.3. The molecule has 1 fully saturated rings. The second-order valence-corrected chi connectivity index (χ2v) is 5.06. The van der Waals surface area contributed by atoms with E-state index in [-0.39, 0.29) is 12.0 Å². The average Bonchev–Trinajstić information content (AvgIpc) is 3.16. The number of aromatic nitrogens is 3. The van der Waals surface area contributed by atoms with E-state index in [9.17, 15) is 4.79 Å². The summed E-state index contributed by atoms with van der Waals surface area (Å²) in [6, 6.07) is 3.71. The van der Waals surface area contributed by atoms with Crippen LogP contribution in [0.5, 0.6) is 0 Å². The summed E-state index contributed by atoms with van der Waals surface area (Å²) in [5, 5.41) is 6.90. The SMILES string of the molecule is Cc1nc(C2CN(C(=O)CCc3ccco3)CCO2)n[nH]1. The largest absolute Gasteiger partial charge is 0.469 e. The van der Waals surface area contributed by atoms with Crippen LogP contribution in [0, 0.1) is 6.92 Å². The number of morpholine rings is 1. The van der Waals surface area contributed by atoms with E-state index in [1.165, 1.54) is 0 Å². The molecule has 1 aliphatic rings. The fourth-order valence-corrected chi connectivity index (χ4v) is 2.38. The molecule has 21 heavy (non-hydrogen) atoms. The highest BCUT2D eigenvalue weighted by Gasteiger charge is 2.27. The summed E-state index contributed by atoms with van der Waals surface area (Å²) in [7, 11) is 0. The molecule has 1 atom stereocenters. The van der Waals surface area contributed by atoms with Gasteiger partial charge in [-0.25, -0.2) is 4.98 Å². The number of rotatable bonds is 4. The Labute approximate surface area is 122 Å². The number of ether oxygens (including phenoxy) is 1. The predicted octanol–water partition coefficient (Wildman–Crippen LogP) is 1.24. The molecule has 0 radical (unpaired) electrons. The summed E-state index contributed by atoms with van der Waals surface area (Å²) in [5.74, 6) is 2.29. The lowest BCUT2D eigenvalue weighted by Crippen LogP contribution is -2.42. The zero-order valence-electron chi connectivity index (χ0n) is 11.9. The number of carbonyl (C=O) groups excluding carboxylic acids is 1. The first-order valence-corrected chi connectivity index (χ1v) is 7.03. The van der Waals surface area contributed by atoms with E-state index >= 15 is 0 Å². The molecule has 2 aromatic heterocycles. The van der Waals surface area contributed by atoms with Crippen LogP contribution in [0.15, 0.2) is 22.8 Å². The van der Waals surface area contributed by atoms with Crippen molar-refractivity contribution in [2.24, 2.45) is 0 Å². The molecule has 0 aliphatic carbocycles. The van der Waals surface area contributed by atoms with Gasteiger partial charge in [0.2, 0.25) is 5.91 Å². The van der Waals surface area contributed by atoms with Crippen LogP contribution in [-0.2, 0) is 16.0 Å². The lowest BCUT2D eigenvalue weighted by atomic mass is 10.2. The van der Waals surface area contributed by atoms with E-state index < -0.39 is 0 Å². The van der Waals surface area contributed by atoms with Crippen LogP contribution in [0.1, 0.15) is 29.9 Å². The van der Waals surface area contributed by atoms with Crippen LogP contribution in [0.4, 0.5) is 0 Å². The highest BCUT2D eigenvalue weighted by atomic mass is 16.5. The molecule has 7 nitrogen and oxygen atoms in total. The minimum Gasteiger partial charge on any atom is -0.469 e. The molecule has 1 amide bonds. The molecule has 3 heterocycles. The molecular weight excluding hydrogens is 272 g/mol. The molecule has 112 valence electrons. The topological polar surface area (TPSA) is 84.2 Å². The summed E-state index contributed by atoms with van der Waals surface area (Å²) in [5.41, 5.74) is 0. The van der Waals surface area contributed by atoms with Crippen molar-refractivity contribution in [2.75, 3.05) is 19.7 Å². The first kappa shape index (κ1) is 13.8. The van der Waals surface area contributed by atoms with E-state index in [1.54, 1.807) is 6.26 Å². The number of hydrogen-bond acceptors (Lipinski definition) is 5. The van der Waals surface area contributed by atoms with Crippen LogP contribution < -0.4 is 0 Å².